The summed E-state index contributed by atoms with van der Waals surface area (Å²) in [4.78, 5) is 12.2. The van der Waals surface area contributed by atoms with Crippen LogP contribution in [0.2, 0.25) is 0 Å². The van der Waals surface area contributed by atoms with Crippen LogP contribution in [0.3, 0.4) is 0 Å². The maximum absolute atomic E-state index is 14.3. The molecule has 3 aromatic carbocycles. The summed E-state index contributed by atoms with van der Waals surface area (Å²) in [5.74, 6) is 5.06. The van der Waals surface area contributed by atoms with E-state index < -0.39 is 5.97 Å². The number of halogens is 1. The highest BCUT2D eigenvalue weighted by Gasteiger charge is 2.11. The molecule has 0 fully saturated rings. The first-order valence-electron chi connectivity index (χ1n) is 7.91. The van der Waals surface area contributed by atoms with Crippen LogP contribution in [0.1, 0.15) is 22.8 Å². The summed E-state index contributed by atoms with van der Waals surface area (Å²) < 4.78 is 19.5. The lowest BCUT2D eigenvalue weighted by Crippen LogP contribution is -2.08. The summed E-state index contributed by atoms with van der Waals surface area (Å²) in [6.45, 7) is 1.70. The molecular weight excluding hydrogens is 331 g/mol. The highest BCUT2D eigenvalue weighted by molar-refractivity contribution is 5.91. The van der Waals surface area contributed by atoms with Gasteiger partial charge in [-0.15, -0.1) is 5.92 Å². The maximum atomic E-state index is 14.3. The van der Waals surface area contributed by atoms with E-state index in [0.717, 1.165) is 0 Å². The first kappa shape index (κ1) is 17.2. The Kier molecular flexibility index (Phi) is 5.00. The number of hydrogen-bond acceptors (Lipinski definition) is 3. The molecule has 1 N–H and O–H groups in total. The maximum Gasteiger partial charge on any atom is 0.343 e. The van der Waals surface area contributed by atoms with Crippen LogP contribution in [0.5, 0.6) is 11.5 Å². The Morgan fingerprint density at radius 1 is 1.00 bits per heavy atom. The Balaban J connectivity index is 1.78. The Hall–Kier alpha value is -3.58. The van der Waals surface area contributed by atoms with Crippen LogP contribution in [-0.4, -0.2) is 11.1 Å². The summed E-state index contributed by atoms with van der Waals surface area (Å²) >= 11 is 0. The number of hydrogen-bond donors (Lipinski definition) is 1. The Bertz CT molecular complexity index is 994. The van der Waals surface area contributed by atoms with Crippen molar-refractivity contribution >= 4 is 5.97 Å². The molecule has 0 aromatic heterocycles. The highest BCUT2D eigenvalue weighted by Crippen LogP contribution is 2.24. The van der Waals surface area contributed by atoms with Crippen LogP contribution < -0.4 is 4.74 Å². The van der Waals surface area contributed by atoms with E-state index in [1.54, 1.807) is 43.3 Å². The summed E-state index contributed by atoms with van der Waals surface area (Å²) in [6, 6.07) is 17.2. The fraction of sp³-hybridized carbons (Fsp3) is 0.0455. The van der Waals surface area contributed by atoms with Crippen molar-refractivity contribution in [2.24, 2.45) is 0 Å². The molecule has 4 heteroatoms. The van der Waals surface area contributed by atoms with E-state index in [4.69, 9.17) is 4.74 Å². The van der Waals surface area contributed by atoms with Crippen LogP contribution in [0.15, 0.2) is 66.7 Å². The van der Waals surface area contributed by atoms with Gasteiger partial charge in [0.15, 0.2) is 0 Å². The number of phenols is 1. The fourth-order valence-electron chi connectivity index (χ4n) is 2.44. The van der Waals surface area contributed by atoms with E-state index >= 15 is 0 Å². The second kappa shape index (κ2) is 7.54. The van der Waals surface area contributed by atoms with Crippen molar-refractivity contribution in [3.63, 3.8) is 0 Å². The van der Waals surface area contributed by atoms with Crippen LogP contribution in [0.25, 0.3) is 11.1 Å². The predicted octanol–water partition coefficient (Wildman–Crippen LogP) is 4.79. The van der Waals surface area contributed by atoms with Crippen molar-refractivity contribution in [2.45, 2.75) is 6.92 Å². The quantitative estimate of drug-likeness (QED) is 0.421. The molecule has 3 aromatic rings. The summed E-state index contributed by atoms with van der Waals surface area (Å²) in [7, 11) is 0. The first-order valence-corrected chi connectivity index (χ1v) is 7.91. The van der Waals surface area contributed by atoms with Crippen molar-refractivity contribution in [3.05, 3.63) is 83.7 Å². The molecule has 0 atom stereocenters. The molecule has 26 heavy (non-hydrogen) atoms. The van der Waals surface area contributed by atoms with Gasteiger partial charge in [-0.05, 0) is 61.0 Å². The topological polar surface area (TPSA) is 46.5 Å². The fourth-order valence-corrected chi connectivity index (χ4v) is 2.44. The average Bonchev–Trinajstić information content (AvgIpc) is 2.64. The van der Waals surface area contributed by atoms with Crippen molar-refractivity contribution in [3.8, 4) is 34.5 Å². The molecule has 0 spiro atoms. The van der Waals surface area contributed by atoms with Crippen molar-refractivity contribution in [1.82, 2.24) is 0 Å². The monoisotopic (exact) mass is 346 g/mol. The zero-order chi connectivity index (χ0) is 18.5. The van der Waals surface area contributed by atoms with Gasteiger partial charge in [0.2, 0.25) is 0 Å². The van der Waals surface area contributed by atoms with Crippen molar-refractivity contribution in [1.29, 1.82) is 0 Å². The lowest BCUT2D eigenvalue weighted by molar-refractivity contribution is 0.0734. The van der Waals surface area contributed by atoms with Crippen LogP contribution >= 0.6 is 0 Å². The number of carbonyl (C=O) groups excluding carboxylic acids is 1. The number of ether oxygens (including phenoxy) is 1. The van der Waals surface area contributed by atoms with Crippen LogP contribution in [-0.2, 0) is 0 Å². The highest BCUT2D eigenvalue weighted by atomic mass is 19.1. The van der Waals surface area contributed by atoms with Crippen molar-refractivity contribution < 1.29 is 19.0 Å². The number of esters is 1. The molecule has 0 radical (unpaired) electrons. The Morgan fingerprint density at radius 2 is 1.69 bits per heavy atom. The number of rotatable bonds is 3. The smallest absolute Gasteiger partial charge is 0.343 e. The van der Waals surface area contributed by atoms with Gasteiger partial charge < -0.3 is 9.84 Å². The average molecular weight is 346 g/mol. The minimum absolute atomic E-state index is 0.0899. The van der Waals surface area contributed by atoms with Gasteiger partial charge in [-0.1, -0.05) is 24.1 Å². The van der Waals surface area contributed by atoms with Gasteiger partial charge in [0.05, 0.1) is 5.56 Å². The number of carbonyl (C=O) groups is 1. The van der Waals surface area contributed by atoms with Gasteiger partial charge in [-0.3, -0.25) is 0 Å². The van der Waals surface area contributed by atoms with E-state index in [2.05, 4.69) is 11.8 Å². The number of aromatic hydroxyl groups is 1. The normalized spacial score (nSPS) is 9.92. The molecule has 0 aliphatic heterocycles. The van der Waals surface area contributed by atoms with E-state index in [-0.39, 0.29) is 11.6 Å². The van der Waals surface area contributed by atoms with Gasteiger partial charge in [-0.25, -0.2) is 9.18 Å². The van der Waals surface area contributed by atoms with E-state index in [1.165, 1.54) is 30.3 Å². The number of benzene rings is 3. The lowest BCUT2D eigenvalue weighted by Gasteiger charge is -2.07. The second-order valence-electron chi connectivity index (χ2n) is 5.53. The predicted molar refractivity (Wildman–Crippen MR) is 97.5 cm³/mol. The third-order valence-electron chi connectivity index (χ3n) is 3.72. The molecule has 0 bridgehead atoms. The molecule has 0 aliphatic carbocycles. The lowest BCUT2D eigenvalue weighted by atomic mass is 10.0. The molecular formula is C22H15FO3. The van der Waals surface area contributed by atoms with Gasteiger partial charge in [-0.2, -0.15) is 0 Å². The van der Waals surface area contributed by atoms with Crippen molar-refractivity contribution in [2.75, 3.05) is 0 Å². The van der Waals surface area contributed by atoms with Gasteiger partial charge in [0.25, 0.3) is 0 Å². The molecule has 0 aliphatic rings. The zero-order valence-corrected chi connectivity index (χ0v) is 14.0. The third-order valence-corrected chi connectivity index (χ3v) is 3.72. The molecule has 0 saturated carbocycles. The Labute approximate surface area is 150 Å². The third kappa shape index (κ3) is 3.90. The molecule has 3 nitrogen and oxygen atoms in total. The summed E-state index contributed by atoms with van der Waals surface area (Å²) in [5, 5.41) is 9.24. The minimum Gasteiger partial charge on any atom is -0.508 e. The summed E-state index contributed by atoms with van der Waals surface area (Å²) in [5.41, 5.74) is 2.04. The molecule has 0 unspecified atom stereocenters. The minimum atomic E-state index is -0.531. The molecule has 3 rings (SSSR count). The molecule has 0 saturated heterocycles. The van der Waals surface area contributed by atoms with E-state index in [0.29, 0.717) is 28.0 Å². The SMILES string of the molecule is CC#Cc1ccc(-c2ccc(C(=O)Oc3ccc(O)cc3)cc2)c(F)c1. The summed E-state index contributed by atoms with van der Waals surface area (Å²) in [6.07, 6.45) is 0. The first-order chi connectivity index (χ1) is 12.6. The molecule has 128 valence electrons. The van der Waals surface area contributed by atoms with E-state index in [1.807, 2.05) is 0 Å². The van der Waals surface area contributed by atoms with E-state index in [9.17, 15) is 14.3 Å². The standard InChI is InChI=1S/C22H15FO3/c1-2-3-15-4-13-20(21(23)14-15)16-5-7-17(8-6-16)22(25)26-19-11-9-18(24)10-12-19/h4-14,24H,1H3. The Morgan fingerprint density at radius 3 is 2.31 bits per heavy atom. The molecule has 0 heterocycles. The van der Waals surface area contributed by atoms with Crippen LogP contribution in [0, 0.1) is 17.7 Å². The second-order valence-corrected chi connectivity index (χ2v) is 5.53. The van der Waals surface area contributed by atoms with Gasteiger partial charge in [0, 0.05) is 11.1 Å². The number of phenolic OH excluding ortho intramolecular Hbond substituents is 1. The van der Waals surface area contributed by atoms with Gasteiger partial charge in [0.1, 0.15) is 17.3 Å². The molecule has 0 amide bonds. The largest absolute Gasteiger partial charge is 0.508 e. The van der Waals surface area contributed by atoms with Gasteiger partial charge >= 0.3 is 5.97 Å². The zero-order valence-electron chi connectivity index (χ0n) is 14.0. The van der Waals surface area contributed by atoms with Crippen LogP contribution in [0.4, 0.5) is 4.39 Å².